The second kappa shape index (κ2) is 7.60. The molecule has 0 amide bonds. The van der Waals surface area contributed by atoms with Crippen molar-refractivity contribution in [2.45, 2.75) is 6.54 Å². The lowest BCUT2D eigenvalue weighted by atomic mass is 10.1. The Morgan fingerprint density at radius 2 is 1.96 bits per heavy atom. The zero-order chi connectivity index (χ0) is 17.8. The van der Waals surface area contributed by atoms with Crippen LogP contribution in [-0.4, -0.2) is 27.5 Å². The quantitative estimate of drug-likeness (QED) is 0.640. The van der Waals surface area contributed by atoms with Crippen LogP contribution in [0.3, 0.4) is 0 Å². The number of hydrazine groups is 1. The van der Waals surface area contributed by atoms with Crippen molar-refractivity contribution in [3.05, 3.63) is 64.7 Å². The Labute approximate surface area is 153 Å². The zero-order valence-electron chi connectivity index (χ0n) is 13.3. The highest BCUT2D eigenvalue weighted by atomic mass is 35.5. The summed E-state index contributed by atoms with van der Waals surface area (Å²) in [5, 5.41) is 12.2. The number of aromatic carboxylic acids is 1. The van der Waals surface area contributed by atoms with Gasteiger partial charge in [0.05, 0.1) is 10.6 Å². The third kappa shape index (κ3) is 3.96. The molecule has 2 N–H and O–H groups in total. The fourth-order valence-electron chi connectivity index (χ4n) is 2.26. The highest BCUT2D eigenvalue weighted by Gasteiger charge is 2.14. The molecule has 0 saturated carbocycles. The van der Waals surface area contributed by atoms with Gasteiger partial charge in [0.1, 0.15) is 0 Å². The number of carboxylic acid groups (broad SMARTS) is 1. The van der Waals surface area contributed by atoms with Crippen LogP contribution < -0.4 is 10.4 Å². The van der Waals surface area contributed by atoms with E-state index < -0.39 is 5.97 Å². The SMILES string of the molecule is CN(NCc1ccccc1C(=O)O)c1nc(-c2ccccc2Cl)ns1. The maximum atomic E-state index is 11.3. The van der Waals surface area contributed by atoms with Crippen LogP contribution in [0.4, 0.5) is 5.13 Å². The lowest BCUT2D eigenvalue weighted by Gasteiger charge is -2.17. The molecule has 128 valence electrons. The van der Waals surface area contributed by atoms with Crippen molar-refractivity contribution in [3.8, 4) is 11.4 Å². The van der Waals surface area contributed by atoms with E-state index >= 15 is 0 Å². The van der Waals surface area contributed by atoms with Gasteiger partial charge in [-0.05, 0) is 23.8 Å². The second-order valence-corrected chi connectivity index (χ2v) is 6.37. The van der Waals surface area contributed by atoms with Crippen LogP contribution in [0, 0.1) is 0 Å². The van der Waals surface area contributed by atoms with Crippen molar-refractivity contribution in [2.75, 3.05) is 12.1 Å². The number of nitrogens with zero attached hydrogens (tertiary/aromatic N) is 3. The molecule has 3 aromatic rings. The largest absolute Gasteiger partial charge is 0.478 e. The second-order valence-electron chi connectivity index (χ2n) is 5.24. The Balaban J connectivity index is 1.72. The third-order valence-corrected chi connectivity index (χ3v) is 4.69. The molecular formula is C17H15ClN4O2S. The molecule has 8 heteroatoms. The van der Waals surface area contributed by atoms with Crippen LogP contribution in [-0.2, 0) is 6.54 Å². The Morgan fingerprint density at radius 1 is 1.24 bits per heavy atom. The molecule has 0 unspecified atom stereocenters. The summed E-state index contributed by atoms with van der Waals surface area (Å²) in [7, 11) is 1.81. The smallest absolute Gasteiger partial charge is 0.336 e. The fraction of sp³-hybridized carbons (Fsp3) is 0.118. The van der Waals surface area contributed by atoms with Gasteiger partial charge in [-0.25, -0.2) is 10.2 Å². The topological polar surface area (TPSA) is 78.4 Å². The van der Waals surface area contributed by atoms with Gasteiger partial charge in [-0.3, -0.25) is 5.01 Å². The molecule has 0 fully saturated rings. The normalized spacial score (nSPS) is 10.6. The molecule has 6 nitrogen and oxygen atoms in total. The summed E-state index contributed by atoms with van der Waals surface area (Å²) < 4.78 is 4.34. The number of rotatable bonds is 6. The summed E-state index contributed by atoms with van der Waals surface area (Å²) in [6.07, 6.45) is 0. The third-order valence-electron chi connectivity index (χ3n) is 3.57. The van der Waals surface area contributed by atoms with Crippen molar-refractivity contribution in [2.24, 2.45) is 0 Å². The molecule has 0 atom stereocenters. The van der Waals surface area contributed by atoms with Crippen LogP contribution in [0.5, 0.6) is 0 Å². The number of benzene rings is 2. The first-order valence-corrected chi connectivity index (χ1v) is 8.58. The van der Waals surface area contributed by atoms with Crippen LogP contribution in [0.2, 0.25) is 5.02 Å². The summed E-state index contributed by atoms with van der Waals surface area (Å²) in [5.41, 5.74) is 4.88. The maximum Gasteiger partial charge on any atom is 0.336 e. The Bertz CT molecular complexity index is 900. The highest BCUT2D eigenvalue weighted by Crippen LogP contribution is 2.28. The molecule has 0 radical (unpaired) electrons. The molecule has 25 heavy (non-hydrogen) atoms. The van der Waals surface area contributed by atoms with E-state index in [1.807, 2.05) is 24.3 Å². The number of carboxylic acids is 1. The van der Waals surface area contributed by atoms with Gasteiger partial charge < -0.3 is 5.11 Å². The minimum absolute atomic E-state index is 0.275. The van der Waals surface area contributed by atoms with Crippen molar-refractivity contribution < 1.29 is 9.90 Å². The summed E-state index contributed by atoms with van der Waals surface area (Å²) in [6.45, 7) is 0.361. The highest BCUT2D eigenvalue weighted by molar-refractivity contribution is 7.09. The molecule has 0 spiro atoms. The van der Waals surface area contributed by atoms with Gasteiger partial charge in [-0.1, -0.05) is 41.9 Å². The number of carbonyl (C=O) groups is 1. The number of nitrogens with one attached hydrogen (secondary N) is 1. The van der Waals surface area contributed by atoms with Gasteiger partial charge in [0, 0.05) is 30.7 Å². The monoisotopic (exact) mass is 374 g/mol. The average molecular weight is 375 g/mol. The number of halogens is 1. The van der Waals surface area contributed by atoms with E-state index in [0.29, 0.717) is 28.1 Å². The summed E-state index contributed by atoms with van der Waals surface area (Å²) in [6, 6.07) is 14.3. The fourth-order valence-corrected chi connectivity index (χ4v) is 3.10. The molecule has 1 aromatic heterocycles. The summed E-state index contributed by atoms with van der Waals surface area (Å²) in [4.78, 5) is 15.7. The van der Waals surface area contributed by atoms with E-state index in [1.165, 1.54) is 11.5 Å². The number of anilines is 1. The van der Waals surface area contributed by atoms with E-state index in [9.17, 15) is 9.90 Å². The van der Waals surface area contributed by atoms with Gasteiger partial charge in [0.15, 0.2) is 5.82 Å². The Morgan fingerprint density at radius 3 is 2.72 bits per heavy atom. The molecule has 0 aliphatic carbocycles. The van der Waals surface area contributed by atoms with Crippen molar-refractivity contribution in [1.82, 2.24) is 14.8 Å². The molecule has 0 saturated heterocycles. The van der Waals surface area contributed by atoms with Crippen molar-refractivity contribution >= 4 is 34.2 Å². The minimum atomic E-state index is -0.947. The van der Waals surface area contributed by atoms with Crippen molar-refractivity contribution in [3.63, 3.8) is 0 Å². The number of hydrogen-bond acceptors (Lipinski definition) is 6. The predicted octanol–water partition coefficient (Wildman–Crippen LogP) is 3.70. The van der Waals surface area contributed by atoms with Crippen LogP contribution in [0.25, 0.3) is 11.4 Å². The molecule has 0 bridgehead atoms. The first kappa shape index (κ1) is 17.3. The van der Waals surface area contributed by atoms with Crippen LogP contribution >= 0.6 is 23.1 Å². The standard InChI is InChI=1S/C17H15ClN4O2S/c1-22(19-10-11-6-2-3-7-12(11)16(23)24)17-20-15(21-25-17)13-8-4-5-9-14(13)18/h2-9,19H,10H2,1H3,(H,23,24). The van der Waals surface area contributed by atoms with Gasteiger partial charge >= 0.3 is 5.97 Å². The van der Waals surface area contributed by atoms with E-state index in [-0.39, 0.29) is 5.56 Å². The van der Waals surface area contributed by atoms with Gasteiger partial charge in [0.2, 0.25) is 5.13 Å². The Hall–Kier alpha value is -2.48. The number of aromatic nitrogens is 2. The lowest BCUT2D eigenvalue weighted by Crippen LogP contribution is -2.34. The minimum Gasteiger partial charge on any atom is -0.478 e. The maximum absolute atomic E-state index is 11.3. The molecular weight excluding hydrogens is 360 g/mol. The molecule has 1 heterocycles. The van der Waals surface area contributed by atoms with E-state index in [0.717, 1.165) is 5.56 Å². The average Bonchev–Trinajstić information content (AvgIpc) is 3.10. The molecule has 3 rings (SSSR count). The van der Waals surface area contributed by atoms with E-state index in [1.54, 1.807) is 36.3 Å². The van der Waals surface area contributed by atoms with Gasteiger partial charge in [-0.15, -0.1) is 0 Å². The van der Waals surface area contributed by atoms with Gasteiger partial charge in [0.25, 0.3) is 0 Å². The Kier molecular flexibility index (Phi) is 5.28. The predicted molar refractivity (Wildman–Crippen MR) is 99.0 cm³/mol. The first-order chi connectivity index (χ1) is 12.1. The molecule has 0 aliphatic rings. The summed E-state index contributed by atoms with van der Waals surface area (Å²) in [5.74, 6) is -0.387. The zero-order valence-corrected chi connectivity index (χ0v) is 14.9. The van der Waals surface area contributed by atoms with Crippen LogP contribution in [0.15, 0.2) is 48.5 Å². The van der Waals surface area contributed by atoms with E-state index in [2.05, 4.69) is 14.8 Å². The van der Waals surface area contributed by atoms with Gasteiger partial charge in [-0.2, -0.15) is 9.36 Å². The molecule has 2 aromatic carbocycles. The van der Waals surface area contributed by atoms with Crippen LogP contribution in [0.1, 0.15) is 15.9 Å². The van der Waals surface area contributed by atoms with E-state index in [4.69, 9.17) is 11.6 Å². The molecule has 0 aliphatic heterocycles. The number of hydrogen-bond donors (Lipinski definition) is 2. The first-order valence-electron chi connectivity index (χ1n) is 7.43. The lowest BCUT2D eigenvalue weighted by molar-refractivity contribution is 0.0695. The van der Waals surface area contributed by atoms with Crippen molar-refractivity contribution in [1.29, 1.82) is 0 Å². The summed E-state index contributed by atoms with van der Waals surface area (Å²) >= 11 is 7.41.